The van der Waals surface area contributed by atoms with Crippen LogP contribution in [0.1, 0.15) is 22.5 Å². The predicted molar refractivity (Wildman–Crippen MR) is 92.4 cm³/mol. The third kappa shape index (κ3) is 5.32. The molecule has 0 spiro atoms. The Morgan fingerprint density at radius 3 is 2.46 bits per heavy atom. The molecule has 0 aliphatic rings. The Morgan fingerprint density at radius 1 is 1.19 bits per heavy atom. The quantitative estimate of drug-likeness (QED) is 0.818. The summed E-state index contributed by atoms with van der Waals surface area (Å²) in [4.78, 5) is 23.3. The first-order chi connectivity index (χ1) is 12.2. The van der Waals surface area contributed by atoms with E-state index < -0.39 is 11.7 Å². The van der Waals surface area contributed by atoms with Crippen LogP contribution >= 0.6 is 0 Å². The number of halogens is 3. The van der Waals surface area contributed by atoms with Crippen LogP contribution in [0.3, 0.4) is 0 Å². The number of carbonyl (C=O) groups excluding carboxylic acids is 1. The molecule has 5 nitrogen and oxygen atoms in total. The highest BCUT2D eigenvalue weighted by Crippen LogP contribution is 2.32. The molecular formula is C18H23F3N4O. The molecule has 1 heterocycles. The van der Waals surface area contributed by atoms with Crippen molar-refractivity contribution in [2.75, 3.05) is 27.2 Å². The SMILES string of the molecule is Cc1[nH]cnc1CN(CCN(C)C)C(=O)Cc1ccccc1C(F)(F)F. The predicted octanol–water partition coefficient (Wildman–Crippen LogP) is 2.87. The Morgan fingerprint density at radius 2 is 1.88 bits per heavy atom. The summed E-state index contributed by atoms with van der Waals surface area (Å²) in [5.74, 6) is -0.356. The fraction of sp³-hybridized carbons (Fsp3) is 0.444. The monoisotopic (exact) mass is 368 g/mol. The zero-order valence-electron chi connectivity index (χ0n) is 15.1. The van der Waals surface area contributed by atoms with Crippen molar-refractivity contribution in [2.24, 2.45) is 0 Å². The Kier molecular flexibility index (Phi) is 6.42. The van der Waals surface area contributed by atoms with Crippen molar-refractivity contribution in [1.29, 1.82) is 0 Å². The molecule has 2 aromatic rings. The second kappa shape index (κ2) is 8.35. The van der Waals surface area contributed by atoms with E-state index >= 15 is 0 Å². The van der Waals surface area contributed by atoms with Crippen molar-refractivity contribution in [3.8, 4) is 0 Å². The molecule has 2 rings (SSSR count). The number of benzene rings is 1. The number of aryl methyl sites for hydroxylation is 1. The summed E-state index contributed by atoms with van der Waals surface area (Å²) in [5.41, 5.74) is 0.764. The molecule has 1 N–H and O–H groups in total. The molecule has 0 radical (unpaired) electrons. The molecule has 1 amide bonds. The molecule has 1 aromatic carbocycles. The summed E-state index contributed by atoms with van der Waals surface area (Å²) >= 11 is 0. The first kappa shape index (κ1) is 20.0. The zero-order valence-corrected chi connectivity index (χ0v) is 15.1. The van der Waals surface area contributed by atoms with Gasteiger partial charge < -0.3 is 14.8 Å². The Hall–Kier alpha value is -2.35. The molecule has 0 aliphatic carbocycles. The maximum atomic E-state index is 13.2. The number of rotatable bonds is 7. The second-order valence-corrected chi connectivity index (χ2v) is 6.42. The molecule has 8 heteroatoms. The number of amides is 1. The van der Waals surface area contributed by atoms with Gasteiger partial charge in [-0.3, -0.25) is 4.79 Å². The van der Waals surface area contributed by atoms with Gasteiger partial charge in [0, 0.05) is 18.8 Å². The number of H-pyrrole nitrogens is 1. The molecule has 0 atom stereocenters. The normalized spacial score (nSPS) is 11.8. The van der Waals surface area contributed by atoms with E-state index in [4.69, 9.17) is 0 Å². The van der Waals surface area contributed by atoms with Gasteiger partial charge in [-0.1, -0.05) is 18.2 Å². The molecule has 0 fully saturated rings. The van der Waals surface area contributed by atoms with E-state index in [2.05, 4.69) is 9.97 Å². The van der Waals surface area contributed by atoms with Crippen molar-refractivity contribution in [3.63, 3.8) is 0 Å². The van der Waals surface area contributed by atoms with Crippen molar-refractivity contribution in [2.45, 2.75) is 26.1 Å². The van der Waals surface area contributed by atoms with Gasteiger partial charge in [0.25, 0.3) is 0 Å². The van der Waals surface area contributed by atoms with Gasteiger partial charge in [0.15, 0.2) is 0 Å². The molecular weight excluding hydrogens is 345 g/mol. The number of carbonyl (C=O) groups is 1. The topological polar surface area (TPSA) is 52.2 Å². The summed E-state index contributed by atoms with van der Waals surface area (Å²) in [7, 11) is 3.75. The highest BCUT2D eigenvalue weighted by molar-refractivity contribution is 5.79. The molecule has 0 bridgehead atoms. The smallest absolute Gasteiger partial charge is 0.348 e. The summed E-state index contributed by atoms with van der Waals surface area (Å²) < 4.78 is 39.5. The molecule has 26 heavy (non-hydrogen) atoms. The molecule has 0 saturated carbocycles. The Bertz CT molecular complexity index is 740. The average molecular weight is 368 g/mol. The molecule has 1 aromatic heterocycles. The van der Waals surface area contributed by atoms with Crippen LogP contribution in [0.5, 0.6) is 0 Å². The van der Waals surface area contributed by atoms with Gasteiger partial charge in [0.05, 0.1) is 30.6 Å². The van der Waals surface area contributed by atoms with Gasteiger partial charge >= 0.3 is 6.18 Å². The molecule has 142 valence electrons. The first-order valence-corrected chi connectivity index (χ1v) is 8.25. The van der Waals surface area contributed by atoms with Crippen LogP contribution in [-0.2, 0) is 23.9 Å². The first-order valence-electron chi connectivity index (χ1n) is 8.25. The molecule has 0 aliphatic heterocycles. The third-order valence-electron chi connectivity index (χ3n) is 4.11. The third-order valence-corrected chi connectivity index (χ3v) is 4.11. The number of hydrogen-bond acceptors (Lipinski definition) is 3. The van der Waals surface area contributed by atoms with E-state index in [0.717, 1.165) is 11.8 Å². The highest BCUT2D eigenvalue weighted by Gasteiger charge is 2.33. The van der Waals surface area contributed by atoms with Gasteiger partial charge in [-0.15, -0.1) is 0 Å². The fourth-order valence-corrected chi connectivity index (χ4v) is 2.57. The van der Waals surface area contributed by atoms with E-state index in [-0.39, 0.29) is 24.4 Å². The van der Waals surface area contributed by atoms with Crippen molar-refractivity contribution in [1.82, 2.24) is 19.8 Å². The lowest BCUT2D eigenvalue weighted by atomic mass is 10.0. The van der Waals surface area contributed by atoms with Crippen molar-refractivity contribution < 1.29 is 18.0 Å². The summed E-state index contributed by atoms with van der Waals surface area (Å²) in [6.45, 7) is 3.12. The lowest BCUT2D eigenvalue weighted by Gasteiger charge is -2.25. The molecule has 0 unspecified atom stereocenters. The maximum Gasteiger partial charge on any atom is 0.416 e. The number of alkyl halides is 3. The lowest BCUT2D eigenvalue weighted by Crippen LogP contribution is -2.37. The number of aromatic nitrogens is 2. The summed E-state index contributed by atoms with van der Waals surface area (Å²) in [5, 5.41) is 0. The van der Waals surface area contributed by atoms with Crippen LogP contribution < -0.4 is 0 Å². The van der Waals surface area contributed by atoms with E-state index in [1.807, 2.05) is 25.9 Å². The van der Waals surface area contributed by atoms with Crippen molar-refractivity contribution in [3.05, 3.63) is 53.1 Å². The highest BCUT2D eigenvalue weighted by atomic mass is 19.4. The van der Waals surface area contributed by atoms with Crippen LogP contribution in [0, 0.1) is 6.92 Å². The lowest BCUT2D eigenvalue weighted by molar-refractivity contribution is -0.138. The minimum atomic E-state index is -4.48. The van der Waals surface area contributed by atoms with Crippen molar-refractivity contribution >= 4 is 5.91 Å². The average Bonchev–Trinajstić information content (AvgIpc) is 2.95. The number of hydrogen-bond donors (Lipinski definition) is 1. The van der Waals surface area contributed by atoms with Crippen LogP contribution in [-0.4, -0.2) is 52.9 Å². The van der Waals surface area contributed by atoms with Gasteiger partial charge in [-0.25, -0.2) is 4.98 Å². The van der Waals surface area contributed by atoms with Crippen LogP contribution in [0.25, 0.3) is 0 Å². The van der Waals surface area contributed by atoms with Crippen LogP contribution in [0.15, 0.2) is 30.6 Å². The Balaban J connectivity index is 2.20. The van der Waals surface area contributed by atoms with Crippen LogP contribution in [0.4, 0.5) is 13.2 Å². The minimum Gasteiger partial charge on any atom is -0.348 e. The summed E-state index contributed by atoms with van der Waals surface area (Å²) in [6.07, 6.45) is -3.24. The number of aromatic amines is 1. The number of nitrogens with zero attached hydrogens (tertiary/aromatic N) is 3. The van der Waals surface area contributed by atoms with Gasteiger partial charge in [-0.2, -0.15) is 13.2 Å². The van der Waals surface area contributed by atoms with E-state index in [1.54, 1.807) is 4.90 Å². The fourth-order valence-electron chi connectivity index (χ4n) is 2.57. The van der Waals surface area contributed by atoms with E-state index in [1.165, 1.54) is 24.5 Å². The van der Waals surface area contributed by atoms with Gasteiger partial charge in [0.1, 0.15) is 0 Å². The Labute approximate surface area is 150 Å². The zero-order chi connectivity index (χ0) is 19.3. The largest absolute Gasteiger partial charge is 0.416 e. The number of imidazole rings is 1. The molecule has 0 saturated heterocycles. The number of likely N-dealkylation sites (N-methyl/N-ethyl adjacent to an activating group) is 1. The minimum absolute atomic E-state index is 0.0152. The second-order valence-electron chi connectivity index (χ2n) is 6.42. The van der Waals surface area contributed by atoms with E-state index in [0.29, 0.717) is 18.8 Å². The van der Waals surface area contributed by atoms with Crippen LogP contribution in [0.2, 0.25) is 0 Å². The summed E-state index contributed by atoms with van der Waals surface area (Å²) in [6, 6.07) is 5.20. The number of nitrogens with one attached hydrogen (secondary N) is 1. The van der Waals surface area contributed by atoms with Gasteiger partial charge in [0.2, 0.25) is 5.91 Å². The standard InChI is InChI=1S/C18H23F3N4O/c1-13-16(23-12-22-13)11-25(9-8-24(2)3)17(26)10-14-6-4-5-7-15(14)18(19,20)21/h4-7,12H,8-11H2,1-3H3,(H,22,23). The van der Waals surface area contributed by atoms with Gasteiger partial charge in [-0.05, 0) is 32.6 Å². The maximum absolute atomic E-state index is 13.2. The van der Waals surface area contributed by atoms with E-state index in [9.17, 15) is 18.0 Å².